The van der Waals surface area contributed by atoms with Crippen molar-refractivity contribution < 1.29 is 0 Å². The van der Waals surface area contributed by atoms with Crippen molar-refractivity contribution in [3.05, 3.63) is 24.3 Å². The Morgan fingerprint density at radius 3 is 2.68 bits per heavy atom. The van der Waals surface area contributed by atoms with Gasteiger partial charge in [-0.1, -0.05) is 12.1 Å². The molecule has 0 unspecified atom stereocenters. The lowest BCUT2D eigenvalue weighted by Gasteiger charge is -2.30. The van der Waals surface area contributed by atoms with E-state index in [0.29, 0.717) is 0 Å². The van der Waals surface area contributed by atoms with E-state index in [1.54, 1.807) is 0 Å². The summed E-state index contributed by atoms with van der Waals surface area (Å²) in [7, 11) is 2.08. The van der Waals surface area contributed by atoms with Gasteiger partial charge in [-0.15, -0.1) is 0 Å². The van der Waals surface area contributed by atoms with Crippen molar-refractivity contribution in [1.29, 1.82) is 0 Å². The van der Waals surface area contributed by atoms with Crippen LogP contribution in [-0.4, -0.2) is 55.6 Å². The second-order valence-electron chi connectivity index (χ2n) is 4.87. The Morgan fingerprint density at radius 1 is 1.16 bits per heavy atom. The van der Waals surface area contributed by atoms with Crippen LogP contribution in [0.25, 0.3) is 0 Å². The molecule has 1 saturated heterocycles. The van der Waals surface area contributed by atoms with Gasteiger partial charge in [0.2, 0.25) is 0 Å². The molecule has 0 aliphatic carbocycles. The average Bonchev–Trinajstić information content (AvgIpc) is 2.86. The summed E-state index contributed by atoms with van der Waals surface area (Å²) in [5, 5.41) is 3.48. The Kier molecular flexibility index (Phi) is 3.82. The van der Waals surface area contributed by atoms with Gasteiger partial charge in [-0.25, -0.2) is 0 Å². The first-order valence-corrected chi connectivity index (χ1v) is 7.94. The number of para-hydroxylation sites is 2. The van der Waals surface area contributed by atoms with Crippen molar-refractivity contribution in [2.24, 2.45) is 4.99 Å². The van der Waals surface area contributed by atoms with E-state index in [0.717, 1.165) is 32.1 Å². The van der Waals surface area contributed by atoms with Gasteiger partial charge in [0.1, 0.15) is 0 Å². The molecule has 1 fully saturated rings. The first-order valence-electron chi connectivity index (χ1n) is 6.79. The number of guanidine groups is 1. The smallest absolute Gasteiger partial charge is 0.198 e. The Hall–Kier alpha value is -1.36. The van der Waals surface area contributed by atoms with Gasteiger partial charge in [0.05, 0.1) is 17.9 Å². The Morgan fingerprint density at radius 2 is 1.95 bits per heavy atom. The summed E-state index contributed by atoms with van der Waals surface area (Å²) in [5.41, 5.74) is 2.47. The molecule has 3 rings (SSSR count). The lowest BCUT2D eigenvalue weighted by molar-refractivity contribution is 0.555. The fourth-order valence-corrected chi connectivity index (χ4v) is 3.35. The fraction of sp³-hybridized carbons (Fsp3) is 0.500. The maximum atomic E-state index is 4.51. The number of nitrogens with one attached hydrogen (secondary N) is 1. The summed E-state index contributed by atoms with van der Waals surface area (Å²) < 4.78 is 0. The van der Waals surface area contributed by atoms with Gasteiger partial charge in [0.25, 0.3) is 0 Å². The molecule has 5 heteroatoms. The van der Waals surface area contributed by atoms with Crippen molar-refractivity contribution in [3.8, 4) is 0 Å². The summed E-state index contributed by atoms with van der Waals surface area (Å²) >= 11 is 2.04. The van der Waals surface area contributed by atoms with E-state index in [4.69, 9.17) is 0 Å². The number of rotatable bonds is 2. The van der Waals surface area contributed by atoms with Gasteiger partial charge in [0, 0.05) is 38.2 Å². The molecule has 0 atom stereocenters. The van der Waals surface area contributed by atoms with E-state index in [1.165, 1.54) is 22.9 Å². The second kappa shape index (κ2) is 5.74. The van der Waals surface area contributed by atoms with E-state index >= 15 is 0 Å². The van der Waals surface area contributed by atoms with Gasteiger partial charge in [-0.3, -0.25) is 4.99 Å². The zero-order chi connectivity index (χ0) is 13.1. The van der Waals surface area contributed by atoms with Crippen LogP contribution < -0.4 is 10.2 Å². The predicted molar refractivity (Wildman–Crippen MR) is 84.5 cm³/mol. The largest absolute Gasteiger partial charge is 0.368 e. The number of thioether (sulfide) groups is 1. The molecule has 0 radical (unpaired) electrons. The normalized spacial score (nSPS) is 19.5. The third kappa shape index (κ3) is 2.81. The number of hydrogen-bond acceptors (Lipinski definition) is 5. The monoisotopic (exact) mass is 276 g/mol. The highest BCUT2D eigenvalue weighted by molar-refractivity contribution is 7.99. The molecule has 2 aliphatic heterocycles. The first-order chi connectivity index (χ1) is 9.34. The van der Waals surface area contributed by atoms with Crippen molar-refractivity contribution >= 4 is 29.1 Å². The van der Waals surface area contributed by atoms with Crippen LogP contribution in [0.2, 0.25) is 0 Å². The molecule has 1 N–H and O–H groups in total. The third-order valence-electron chi connectivity index (χ3n) is 3.56. The molecule has 1 aromatic carbocycles. The molecule has 102 valence electrons. The molecule has 0 amide bonds. The van der Waals surface area contributed by atoms with Crippen molar-refractivity contribution in [2.45, 2.75) is 0 Å². The Bertz CT molecular complexity index is 468. The van der Waals surface area contributed by atoms with E-state index in [-0.39, 0.29) is 0 Å². The van der Waals surface area contributed by atoms with Crippen LogP contribution in [-0.2, 0) is 0 Å². The van der Waals surface area contributed by atoms with Crippen molar-refractivity contribution in [1.82, 2.24) is 4.90 Å². The van der Waals surface area contributed by atoms with Crippen LogP contribution in [0.5, 0.6) is 0 Å². The molecule has 0 spiro atoms. The predicted octanol–water partition coefficient (Wildman–Crippen LogP) is 1.95. The highest BCUT2D eigenvalue weighted by atomic mass is 32.2. The standard InChI is InChI=1S/C14H20N4S/c1-17-7-6-15-14(17)16-12-4-2-3-5-13(12)18-8-10-19-11-9-18/h2-5H,6-11H2,1H3,(H,15,16). The van der Waals surface area contributed by atoms with E-state index in [2.05, 4.69) is 51.4 Å². The maximum absolute atomic E-state index is 4.51. The topological polar surface area (TPSA) is 30.9 Å². The Labute approximate surface area is 118 Å². The van der Waals surface area contributed by atoms with Gasteiger partial charge >= 0.3 is 0 Å². The number of nitrogens with zero attached hydrogens (tertiary/aromatic N) is 3. The molecular formula is C14H20N4S. The van der Waals surface area contributed by atoms with E-state index < -0.39 is 0 Å². The maximum Gasteiger partial charge on any atom is 0.198 e. The number of benzene rings is 1. The van der Waals surface area contributed by atoms with Gasteiger partial charge in [-0.05, 0) is 12.1 Å². The van der Waals surface area contributed by atoms with Crippen molar-refractivity contribution in [2.75, 3.05) is 54.9 Å². The minimum atomic E-state index is 0.890. The minimum absolute atomic E-state index is 0.890. The average molecular weight is 276 g/mol. The van der Waals surface area contributed by atoms with E-state index in [9.17, 15) is 0 Å². The number of anilines is 2. The summed E-state index contributed by atoms with van der Waals surface area (Å²) in [6.45, 7) is 4.16. The number of likely N-dealkylation sites (N-methyl/N-ethyl adjacent to an activating group) is 1. The van der Waals surface area contributed by atoms with E-state index in [1.807, 2.05) is 11.8 Å². The van der Waals surface area contributed by atoms with Crippen LogP contribution in [0, 0.1) is 0 Å². The minimum Gasteiger partial charge on any atom is -0.368 e. The highest BCUT2D eigenvalue weighted by Crippen LogP contribution is 2.28. The van der Waals surface area contributed by atoms with Gasteiger partial charge in [-0.2, -0.15) is 11.8 Å². The molecule has 19 heavy (non-hydrogen) atoms. The van der Waals surface area contributed by atoms with Crippen LogP contribution >= 0.6 is 11.8 Å². The first kappa shape index (κ1) is 12.7. The summed E-state index contributed by atoms with van der Waals surface area (Å²) in [6.07, 6.45) is 0. The molecule has 1 aromatic rings. The fourth-order valence-electron chi connectivity index (χ4n) is 2.45. The quantitative estimate of drug-likeness (QED) is 0.894. The summed E-state index contributed by atoms with van der Waals surface area (Å²) in [5.74, 6) is 3.42. The summed E-state index contributed by atoms with van der Waals surface area (Å²) in [6, 6.07) is 8.54. The number of aliphatic imine (C=N–C) groups is 1. The van der Waals surface area contributed by atoms with Gasteiger partial charge in [0.15, 0.2) is 5.96 Å². The molecule has 2 aliphatic rings. The lowest BCUT2D eigenvalue weighted by atomic mass is 10.2. The Balaban J connectivity index is 1.80. The summed E-state index contributed by atoms with van der Waals surface area (Å²) in [4.78, 5) is 9.14. The van der Waals surface area contributed by atoms with Crippen LogP contribution in [0.15, 0.2) is 29.3 Å². The molecule has 0 bridgehead atoms. The lowest BCUT2D eigenvalue weighted by Crippen LogP contribution is -2.34. The van der Waals surface area contributed by atoms with Crippen LogP contribution in [0.1, 0.15) is 0 Å². The molecule has 2 heterocycles. The SMILES string of the molecule is CN1CCN=C1Nc1ccccc1N1CCSCC1. The van der Waals surface area contributed by atoms with Gasteiger partial charge < -0.3 is 15.1 Å². The zero-order valence-electron chi connectivity index (χ0n) is 11.3. The molecule has 0 saturated carbocycles. The third-order valence-corrected chi connectivity index (χ3v) is 4.50. The zero-order valence-corrected chi connectivity index (χ0v) is 12.1. The molecular weight excluding hydrogens is 256 g/mol. The van der Waals surface area contributed by atoms with Crippen molar-refractivity contribution in [3.63, 3.8) is 0 Å². The second-order valence-corrected chi connectivity index (χ2v) is 6.09. The van der Waals surface area contributed by atoms with Crippen LogP contribution in [0.4, 0.5) is 11.4 Å². The molecule has 0 aromatic heterocycles. The highest BCUT2D eigenvalue weighted by Gasteiger charge is 2.17. The molecule has 4 nitrogen and oxygen atoms in total. The number of hydrogen-bond donors (Lipinski definition) is 1. The van der Waals surface area contributed by atoms with Crippen LogP contribution in [0.3, 0.4) is 0 Å².